The van der Waals surface area contributed by atoms with Gasteiger partial charge in [0, 0.05) is 36.1 Å². The molecule has 2 fully saturated rings. The predicted molar refractivity (Wildman–Crippen MR) is 123 cm³/mol. The van der Waals surface area contributed by atoms with E-state index in [2.05, 4.69) is 21.3 Å². The second-order valence-corrected chi connectivity index (χ2v) is 9.55. The second kappa shape index (κ2) is 10.5. The van der Waals surface area contributed by atoms with Crippen molar-refractivity contribution in [1.82, 2.24) is 15.2 Å². The third kappa shape index (κ3) is 5.21. The van der Waals surface area contributed by atoms with E-state index in [-0.39, 0.29) is 17.9 Å². The molecule has 1 aromatic carbocycles. The Morgan fingerprint density at radius 1 is 1.23 bits per heavy atom. The SMILES string of the molecule is COc1cccc(CN2CCC[C@H]([C@@H](NC(=O)C3CCCC3)c3nccs3)C2)c1OC. The number of nitrogens with zero attached hydrogens (tertiary/aromatic N) is 2. The zero-order valence-corrected chi connectivity index (χ0v) is 19.3. The third-order valence-electron chi connectivity index (χ3n) is 6.63. The molecule has 168 valence electrons. The molecule has 1 saturated heterocycles. The number of carbonyl (C=O) groups excluding carboxylic acids is 1. The minimum absolute atomic E-state index is 0.0110. The summed E-state index contributed by atoms with van der Waals surface area (Å²) < 4.78 is 11.1. The minimum atomic E-state index is -0.0110. The van der Waals surface area contributed by atoms with Crippen molar-refractivity contribution >= 4 is 17.2 Å². The average molecular weight is 444 g/mol. The Labute approximate surface area is 189 Å². The zero-order chi connectivity index (χ0) is 21.6. The molecule has 1 aromatic heterocycles. The van der Waals surface area contributed by atoms with Gasteiger partial charge in [-0.2, -0.15) is 0 Å². The molecule has 0 spiro atoms. The Bertz CT molecular complexity index is 852. The van der Waals surface area contributed by atoms with Crippen LogP contribution in [0.4, 0.5) is 0 Å². The lowest BCUT2D eigenvalue weighted by Crippen LogP contribution is -2.43. The average Bonchev–Trinajstić information content (AvgIpc) is 3.52. The maximum absolute atomic E-state index is 12.9. The van der Waals surface area contributed by atoms with Gasteiger partial charge in [-0.25, -0.2) is 4.98 Å². The summed E-state index contributed by atoms with van der Waals surface area (Å²) in [5.41, 5.74) is 1.13. The Balaban J connectivity index is 1.48. The molecule has 1 amide bonds. The first-order valence-electron chi connectivity index (χ1n) is 11.3. The Kier molecular flexibility index (Phi) is 7.45. The van der Waals surface area contributed by atoms with Crippen molar-refractivity contribution in [2.24, 2.45) is 11.8 Å². The summed E-state index contributed by atoms with van der Waals surface area (Å²) in [6.07, 6.45) is 8.42. The zero-order valence-electron chi connectivity index (χ0n) is 18.5. The first-order chi connectivity index (χ1) is 15.2. The molecular weight excluding hydrogens is 410 g/mol. The van der Waals surface area contributed by atoms with Crippen LogP contribution in [0.15, 0.2) is 29.8 Å². The van der Waals surface area contributed by atoms with Crippen LogP contribution in [0.25, 0.3) is 0 Å². The molecule has 1 aliphatic carbocycles. The van der Waals surface area contributed by atoms with Gasteiger partial charge in [0.1, 0.15) is 5.01 Å². The van der Waals surface area contributed by atoms with Gasteiger partial charge in [0.2, 0.25) is 5.91 Å². The van der Waals surface area contributed by atoms with Crippen LogP contribution in [0.2, 0.25) is 0 Å². The van der Waals surface area contributed by atoms with Crippen molar-refractivity contribution in [1.29, 1.82) is 0 Å². The van der Waals surface area contributed by atoms with E-state index in [1.54, 1.807) is 25.6 Å². The van der Waals surface area contributed by atoms with Gasteiger partial charge >= 0.3 is 0 Å². The van der Waals surface area contributed by atoms with Gasteiger partial charge in [0.15, 0.2) is 11.5 Å². The van der Waals surface area contributed by atoms with Crippen LogP contribution in [0.5, 0.6) is 11.5 Å². The van der Waals surface area contributed by atoms with Gasteiger partial charge in [0.25, 0.3) is 0 Å². The number of hydrogen-bond donors (Lipinski definition) is 1. The molecule has 2 aliphatic rings. The smallest absolute Gasteiger partial charge is 0.223 e. The fourth-order valence-corrected chi connectivity index (χ4v) is 5.84. The molecule has 1 aliphatic heterocycles. The molecule has 2 aromatic rings. The fraction of sp³-hybridized carbons (Fsp3) is 0.583. The highest BCUT2D eigenvalue weighted by atomic mass is 32.1. The number of methoxy groups -OCH3 is 2. The van der Waals surface area contributed by atoms with Crippen molar-refractivity contribution in [2.45, 2.75) is 51.1 Å². The summed E-state index contributed by atoms with van der Waals surface area (Å²) >= 11 is 1.64. The van der Waals surface area contributed by atoms with Crippen molar-refractivity contribution in [3.05, 3.63) is 40.3 Å². The van der Waals surface area contributed by atoms with Crippen LogP contribution >= 0.6 is 11.3 Å². The first-order valence-corrected chi connectivity index (χ1v) is 12.2. The number of carbonyl (C=O) groups is 1. The van der Waals surface area contributed by atoms with E-state index in [0.29, 0.717) is 5.92 Å². The lowest BCUT2D eigenvalue weighted by molar-refractivity contribution is -0.126. The predicted octanol–water partition coefficient (Wildman–Crippen LogP) is 4.42. The highest BCUT2D eigenvalue weighted by Crippen LogP contribution is 2.35. The summed E-state index contributed by atoms with van der Waals surface area (Å²) in [7, 11) is 3.36. The molecule has 1 N–H and O–H groups in total. The largest absolute Gasteiger partial charge is 0.493 e. The van der Waals surface area contributed by atoms with E-state index in [4.69, 9.17) is 9.47 Å². The van der Waals surface area contributed by atoms with Crippen molar-refractivity contribution in [3.63, 3.8) is 0 Å². The molecule has 1 saturated carbocycles. The van der Waals surface area contributed by atoms with Crippen LogP contribution in [-0.4, -0.2) is 43.1 Å². The molecule has 2 heterocycles. The molecular formula is C24H33N3O3S. The van der Waals surface area contributed by atoms with E-state index in [0.717, 1.165) is 67.4 Å². The molecule has 31 heavy (non-hydrogen) atoms. The number of piperidine rings is 1. The molecule has 7 heteroatoms. The first kappa shape index (κ1) is 22.1. The highest BCUT2D eigenvalue weighted by molar-refractivity contribution is 7.09. The molecule has 2 atom stereocenters. The number of rotatable bonds is 8. The Morgan fingerprint density at radius 3 is 2.77 bits per heavy atom. The number of benzene rings is 1. The van der Waals surface area contributed by atoms with Crippen molar-refractivity contribution in [3.8, 4) is 11.5 Å². The Morgan fingerprint density at radius 2 is 2.06 bits per heavy atom. The summed E-state index contributed by atoms with van der Waals surface area (Å²) in [6.45, 7) is 2.77. The number of ether oxygens (including phenoxy) is 2. The molecule has 0 bridgehead atoms. The monoisotopic (exact) mass is 443 g/mol. The highest BCUT2D eigenvalue weighted by Gasteiger charge is 2.33. The van der Waals surface area contributed by atoms with Gasteiger partial charge in [-0.15, -0.1) is 11.3 Å². The molecule has 4 rings (SSSR count). The van der Waals surface area contributed by atoms with Gasteiger partial charge < -0.3 is 14.8 Å². The minimum Gasteiger partial charge on any atom is -0.493 e. The maximum Gasteiger partial charge on any atom is 0.223 e. The van der Waals surface area contributed by atoms with Crippen LogP contribution in [0.1, 0.15) is 55.1 Å². The lowest BCUT2D eigenvalue weighted by Gasteiger charge is -2.37. The molecule has 0 radical (unpaired) electrons. The van der Waals surface area contributed by atoms with Gasteiger partial charge in [0.05, 0.1) is 20.3 Å². The van der Waals surface area contributed by atoms with E-state index < -0.39 is 0 Å². The summed E-state index contributed by atoms with van der Waals surface area (Å²) in [5.74, 6) is 2.30. The maximum atomic E-state index is 12.9. The number of thiazole rings is 1. The topological polar surface area (TPSA) is 63.7 Å². The van der Waals surface area contributed by atoms with Crippen molar-refractivity contribution in [2.75, 3.05) is 27.3 Å². The molecule has 0 unspecified atom stereocenters. The van der Waals surface area contributed by atoms with E-state index >= 15 is 0 Å². The number of likely N-dealkylation sites (tertiary alicyclic amines) is 1. The van der Waals surface area contributed by atoms with Gasteiger partial charge in [-0.05, 0) is 44.2 Å². The quantitative estimate of drug-likeness (QED) is 0.654. The number of aromatic nitrogens is 1. The van der Waals surface area contributed by atoms with Crippen molar-refractivity contribution < 1.29 is 14.3 Å². The fourth-order valence-electron chi connectivity index (χ4n) is 5.05. The van der Waals surface area contributed by atoms with E-state index in [1.165, 1.54) is 12.8 Å². The number of para-hydroxylation sites is 1. The van der Waals surface area contributed by atoms with E-state index in [1.807, 2.05) is 23.7 Å². The van der Waals surface area contributed by atoms with Crippen LogP contribution in [0.3, 0.4) is 0 Å². The summed E-state index contributed by atoms with van der Waals surface area (Å²) in [4.78, 5) is 20.0. The Hall–Kier alpha value is -2.12. The third-order valence-corrected chi connectivity index (χ3v) is 7.49. The van der Waals surface area contributed by atoms with Crippen LogP contribution < -0.4 is 14.8 Å². The van der Waals surface area contributed by atoms with Crippen LogP contribution in [0, 0.1) is 11.8 Å². The van der Waals surface area contributed by atoms with Gasteiger partial charge in [-0.3, -0.25) is 9.69 Å². The van der Waals surface area contributed by atoms with Crippen LogP contribution in [-0.2, 0) is 11.3 Å². The number of amides is 1. The molecule has 6 nitrogen and oxygen atoms in total. The summed E-state index contributed by atoms with van der Waals surface area (Å²) in [5, 5.41) is 6.42. The van der Waals surface area contributed by atoms with E-state index in [9.17, 15) is 4.79 Å². The number of nitrogens with one attached hydrogen (secondary N) is 1. The second-order valence-electron chi connectivity index (χ2n) is 8.63. The summed E-state index contributed by atoms with van der Waals surface area (Å²) in [6, 6.07) is 6.03. The standard InChI is InChI=1S/C24H33N3O3S/c1-29-20-11-5-9-19(22(20)30-2)16-27-13-6-10-18(15-27)21(24-25-12-14-31-24)26-23(28)17-7-3-4-8-17/h5,9,11-12,14,17-18,21H,3-4,6-8,10,13,15-16H2,1-2H3,(H,26,28)/t18-,21+/m0/s1. The lowest BCUT2D eigenvalue weighted by atomic mass is 9.90. The number of hydrogen-bond acceptors (Lipinski definition) is 6. The normalized spacial score (nSPS) is 21.0. The van der Waals surface area contributed by atoms with Gasteiger partial charge in [-0.1, -0.05) is 25.0 Å².